The first-order valence-corrected chi connectivity index (χ1v) is 5.52. The van der Waals surface area contributed by atoms with Crippen molar-refractivity contribution in [1.82, 2.24) is 20.5 Å². The number of aromatic amines is 1. The highest BCUT2D eigenvalue weighted by atomic mass is 16.5. The number of hydrogen-bond acceptors (Lipinski definition) is 4. The molecule has 2 heterocycles. The molecule has 5 heteroatoms. The number of nitrogens with one attached hydrogen (secondary N) is 2. The van der Waals surface area contributed by atoms with E-state index in [9.17, 15) is 0 Å². The summed E-state index contributed by atoms with van der Waals surface area (Å²) in [5, 5.41) is 10.2. The van der Waals surface area contributed by atoms with E-state index in [1.54, 1.807) is 6.33 Å². The number of ether oxygens (including phenoxy) is 1. The third-order valence-electron chi connectivity index (χ3n) is 2.90. The number of H-pyrrole nitrogens is 1. The molecule has 0 bridgehead atoms. The van der Waals surface area contributed by atoms with Gasteiger partial charge in [-0.25, -0.2) is 4.98 Å². The Bertz CT molecular complexity index is 269. The van der Waals surface area contributed by atoms with Gasteiger partial charge in [0, 0.05) is 13.2 Å². The van der Waals surface area contributed by atoms with E-state index in [0.717, 1.165) is 44.3 Å². The predicted molar refractivity (Wildman–Crippen MR) is 56.3 cm³/mol. The Morgan fingerprint density at radius 2 is 2.40 bits per heavy atom. The van der Waals surface area contributed by atoms with Crippen LogP contribution in [0.2, 0.25) is 0 Å². The number of nitrogens with zero attached hydrogens (tertiary/aromatic N) is 2. The molecule has 0 spiro atoms. The van der Waals surface area contributed by atoms with Gasteiger partial charge < -0.3 is 10.1 Å². The third kappa shape index (κ3) is 3.00. The molecular formula is C10H18N4O. The van der Waals surface area contributed by atoms with Crippen LogP contribution in [0, 0.1) is 5.92 Å². The van der Waals surface area contributed by atoms with Gasteiger partial charge in [0.2, 0.25) is 0 Å². The lowest BCUT2D eigenvalue weighted by Crippen LogP contribution is -2.30. The van der Waals surface area contributed by atoms with Gasteiger partial charge in [0.05, 0.1) is 6.04 Å². The number of rotatable bonds is 4. The Labute approximate surface area is 89.6 Å². The normalized spacial score (nSPS) is 20.3. The maximum Gasteiger partial charge on any atom is 0.141 e. The van der Waals surface area contributed by atoms with Crippen LogP contribution in [0.1, 0.15) is 31.6 Å². The minimum atomic E-state index is 0.246. The van der Waals surface area contributed by atoms with Crippen molar-refractivity contribution in [2.45, 2.75) is 25.8 Å². The summed E-state index contributed by atoms with van der Waals surface area (Å²) in [6, 6.07) is 0.246. The number of aromatic nitrogens is 3. The Morgan fingerprint density at radius 3 is 3.07 bits per heavy atom. The Balaban J connectivity index is 1.73. The van der Waals surface area contributed by atoms with Crippen LogP contribution in [0.15, 0.2) is 6.33 Å². The molecule has 0 amide bonds. The summed E-state index contributed by atoms with van der Waals surface area (Å²) >= 11 is 0. The molecule has 1 aliphatic rings. The minimum absolute atomic E-state index is 0.246. The van der Waals surface area contributed by atoms with E-state index in [1.165, 1.54) is 0 Å². The molecule has 1 saturated heterocycles. The highest BCUT2D eigenvalue weighted by Crippen LogP contribution is 2.14. The van der Waals surface area contributed by atoms with Crippen molar-refractivity contribution in [2.75, 3.05) is 19.8 Å². The zero-order chi connectivity index (χ0) is 10.5. The summed E-state index contributed by atoms with van der Waals surface area (Å²) in [6.45, 7) is 4.94. The average Bonchev–Trinajstić information content (AvgIpc) is 2.81. The molecule has 0 radical (unpaired) electrons. The highest BCUT2D eigenvalue weighted by molar-refractivity contribution is 4.88. The maximum atomic E-state index is 5.32. The van der Waals surface area contributed by atoms with E-state index in [2.05, 4.69) is 27.4 Å². The lowest BCUT2D eigenvalue weighted by atomic mass is 10.0. The summed E-state index contributed by atoms with van der Waals surface area (Å²) in [5.41, 5.74) is 0. The smallest absolute Gasteiger partial charge is 0.141 e. The first-order valence-electron chi connectivity index (χ1n) is 5.52. The van der Waals surface area contributed by atoms with Crippen molar-refractivity contribution in [3.63, 3.8) is 0 Å². The molecule has 1 unspecified atom stereocenters. The molecule has 15 heavy (non-hydrogen) atoms. The van der Waals surface area contributed by atoms with Crippen molar-refractivity contribution in [2.24, 2.45) is 5.92 Å². The second-order valence-electron chi connectivity index (χ2n) is 4.06. The molecule has 5 nitrogen and oxygen atoms in total. The lowest BCUT2D eigenvalue weighted by molar-refractivity contribution is 0.0655. The molecule has 1 aromatic rings. The van der Waals surface area contributed by atoms with Crippen molar-refractivity contribution in [3.05, 3.63) is 12.2 Å². The first-order chi connectivity index (χ1) is 7.36. The third-order valence-corrected chi connectivity index (χ3v) is 2.90. The van der Waals surface area contributed by atoms with Gasteiger partial charge in [-0.15, -0.1) is 0 Å². The van der Waals surface area contributed by atoms with Crippen LogP contribution in [0.5, 0.6) is 0 Å². The summed E-state index contributed by atoms with van der Waals surface area (Å²) in [4.78, 5) is 4.13. The fraction of sp³-hybridized carbons (Fsp3) is 0.800. The van der Waals surface area contributed by atoms with Crippen molar-refractivity contribution < 1.29 is 4.74 Å². The van der Waals surface area contributed by atoms with E-state index in [0.29, 0.717) is 0 Å². The minimum Gasteiger partial charge on any atom is -0.381 e. The monoisotopic (exact) mass is 210 g/mol. The molecule has 2 N–H and O–H groups in total. The molecule has 0 aromatic carbocycles. The van der Waals surface area contributed by atoms with Crippen LogP contribution in [0.4, 0.5) is 0 Å². The SMILES string of the molecule is CC(NCC1CCOCC1)c1ncn[nH]1. The van der Waals surface area contributed by atoms with Gasteiger partial charge in [0.15, 0.2) is 0 Å². The van der Waals surface area contributed by atoms with Crippen LogP contribution >= 0.6 is 0 Å². The molecule has 1 aliphatic heterocycles. The maximum absolute atomic E-state index is 5.32. The topological polar surface area (TPSA) is 62.8 Å². The second kappa shape index (κ2) is 5.23. The van der Waals surface area contributed by atoms with Gasteiger partial charge >= 0.3 is 0 Å². The lowest BCUT2D eigenvalue weighted by Gasteiger charge is -2.23. The van der Waals surface area contributed by atoms with Gasteiger partial charge in [0.1, 0.15) is 12.2 Å². The molecule has 0 aliphatic carbocycles. The van der Waals surface area contributed by atoms with Crippen LogP contribution < -0.4 is 5.32 Å². The van der Waals surface area contributed by atoms with E-state index in [-0.39, 0.29) is 6.04 Å². The number of hydrogen-bond donors (Lipinski definition) is 2. The van der Waals surface area contributed by atoms with Crippen LogP contribution in [-0.4, -0.2) is 34.9 Å². The van der Waals surface area contributed by atoms with Crippen molar-refractivity contribution in [3.8, 4) is 0 Å². The van der Waals surface area contributed by atoms with Gasteiger partial charge in [0.25, 0.3) is 0 Å². The zero-order valence-electron chi connectivity index (χ0n) is 9.07. The quantitative estimate of drug-likeness (QED) is 0.774. The summed E-state index contributed by atoms with van der Waals surface area (Å²) < 4.78 is 5.32. The molecular weight excluding hydrogens is 192 g/mol. The predicted octanol–water partition coefficient (Wildman–Crippen LogP) is 0.882. The Kier molecular flexibility index (Phi) is 3.69. The summed E-state index contributed by atoms with van der Waals surface area (Å²) in [6.07, 6.45) is 3.87. The van der Waals surface area contributed by atoms with Crippen LogP contribution in [0.25, 0.3) is 0 Å². The standard InChI is InChI=1S/C10H18N4O/c1-8(10-12-7-13-14-10)11-6-9-2-4-15-5-3-9/h7-9,11H,2-6H2,1H3,(H,12,13,14). The fourth-order valence-corrected chi connectivity index (χ4v) is 1.81. The molecule has 0 saturated carbocycles. The van der Waals surface area contributed by atoms with Gasteiger partial charge in [-0.05, 0) is 32.2 Å². The fourth-order valence-electron chi connectivity index (χ4n) is 1.81. The van der Waals surface area contributed by atoms with Gasteiger partial charge in [-0.2, -0.15) is 5.10 Å². The average molecular weight is 210 g/mol. The van der Waals surface area contributed by atoms with Crippen molar-refractivity contribution in [1.29, 1.82) is 0 Å². The van der Waals surface area contributed by atoms with Crippen LogP contribution in [0.3, 0.4) is 0 Å². The highest BCUT2D eigenvalue weighted by Gasteiger charge is 2.15. The van der Waals surface area contributed by atoms with E-state index in [1.807, 2.05) is 0 Å². The van der Waals surface area contributed by atoms with Gasteiger partial charge in [-0.1, -0.05) is 0 Å². The Morgan fingerprint density at radius 1 is 1.60 bits per heavy atom. The molecule has 84 valence electrons. The van der Waals surface area contributed by atoms with Gasteiger partial charge in [-0.3, -0.25) is 5.10 Å². The van der Waals surface area contributed by atoms with E-state index in [4.69, 9.17) is 4.74 Å². The summed E-state index contributed by atoms with van der Waals surface area (Å²) in [7, 11) is 0. The van der Waals surface area contributed by atoms with E-state index < -0.39 is 0 Å². The molecule has 1 fully saturated rings. The van der Waals surface area contributed by atoms with Crippen LogP contribution in [-0.2, 0) is 4.74 Å². The molecule has 1 aromatic heterocycles. The molecule has 2 rings (SSSR count). The van der Waals surface area contributed by atoms with Crippen molar-refractivity contribution >= 4 is 0 Å². The Hall–Kier alpha value is -0.940. The largest absolute Gasteiger partial charge is 0.381 e. The summed E-state index contributed by atoms with van der Waals surface area (Å²) in [5.74, 6) is 1.64. The first kappa shape index (κ1) is 10.6. The second-order valence-corrected chi connectivity index (χ2v) is 4.06. The molecule has 1 atom stereocenters. The van der Waals surface area contributed by atoms with E-state index >= 15 is 0 Å². The zero-order valence-corrected chi connectivity index (χ0v) is 9.07.